The van der Waals surface area contributed by atoms with E-state index in [1.54, 1.807) is 0 Å². The van der Waals surface area contributed by atoms with Gasteiger partial charge in [0.25, 0.3) is 0 Å². The molecule has 5 nitrogen and oxygen atoms in total. The highest BCUT2D eigenvalue weighted by Gasteiger charge is 2.30. The van der Waals surface area contributed by atoms with E-state index in [9.17, 15) is 21.2 Å². The van der Waals surface area contributed by atoms with Crippen molar-refractivity contribution in [2.75, 3.05) is 24.6 Å². The van der Waals surface area contributed by atoms with Gasteiger partial charge in [-0.1, -0.05) is 12.1 Å². The predicted molar refractivity (Wildman–Crippen MR) is 68.4 cm³/mol. The highest BCUT2D eigenvalue weighted by atomic mass is 32.2. The maximum atomic E-state index is 13.6. The molecular formula is C11H14FNO4S2. The van der Waals surface area contributed by atoms with Crippen molar-refractivity contribution >= 4 is 19.9 Å². The van der Waals surface area contributed by atoms with E-state index in [-0.39, 0.29) is 31.0 Å². The molecule has 0 unspecified atom stereocenters. The minimum atomic E-state index is -3.97. The van der Waals surface area contributed by atoms with Gasteiger partial charge in [-0.05, 0) is 18.6 Å². The number of hydrogen-bond donors (Lipinski definition) is 0. The van der Waals surface area contributed by atoms with Crippen molar-refractivity contribution < 1.29 is 21.2 Å². The topological polar surface area (TPSA) is 71.5 Å². The summed E-state index contributed by atoms with van der Waals surface area (Å²) in [6, 6.07) is 5.09. The molecule has 0 aromatic heterocycles. The summed E-state index contributed by atoms with van der Waals surface area (Å²) >= 11 is 0. The second kappa shape index (κ2) is 5.18. The molecular weight excluding hydrogens is 293 g/mol. The fourth-order valence-corrected chi connectivity index (χ4v) is 4.88. The lowest BCUT2D eigenvalue weighted by Crippen LogP contribution is -2.34. The molecule has 0 bridgehead atoms. The molecule has 106 valence electrons. The van der Waals surface area contributed by atoms with E-state index in [1.165, 1.54) is 18.2 Å². The van der Waals surface area contributed by atoms with Crippen LogP contribution in [0.2, 0.25) is 0 Å². The Morgan fingerprint density at radius 1 is 1.11 bits per heavy atom. The Balaban J connectivity index is 2.33. The lowest BCUT2D eigenvalue weighted by atomic mass is 10.3. The van der Waals surface area contributed by atoms with Crippen molar-refractivity contribution in [2.45, 2.75) is 11.3 Å². The molecule has 2 rings (SSSR count). The summed E-state index contributed by atoms with van der Waals surface area (Å²) in [6.07, 6.45) is 0.232. The molecule has 0 atom stereocenters. The third-order valence-electron chi connectivity index (χ3n) is 2.97. The van der Waals surface area contributed by atoms with Crippen LogP contribution in [-0.2, 0) is 19.9 Å². The van der Waals surface area contributed by atoms with Crippen LogP contribution in [0.4, 0.5) is 4.39 Å². The van der Waals surface area contributed by atoms with E-state index in [0.717, 1.165) is 10.4 Å². The van der Waals surface area contributed by atoms with Gasteiger partial charge < -0.3 is 0 Å². The number of sulfone groups is 1. The second-order valence-corrected chi connectivity index (χ2v) is 8.55. The second-order valence-electron chi connectivity index (χ2n) is 4.34. The van der Waals surface area contributed by atoms with Crippen LogP contribution in [0.15, 0.2) is 29.2 Å². The normalized spacial score (nSPS) is 20.9. The Morgan fingerprint density at radius 2 is 1.79 bits per heavy atom. The van der Waals surface area contributed by atoms with Crippen molar-refractivity contribution in [3.8, 4) is 0 Å². The zero-order valence-corrected chi connectivity index (χ0v) is 11.8. The molecule has 0 N–H and O–H groups in total. The van der Waals surface area contributed by atoms with Gasteiger partial charge >= 0.3 is 0 Å². The van der Waals surface area contributed by atoms with Gasteiger partial charge in [0.05, 0.1) is 11.5 Å². The third-order valence-corrected chi connectivity index (χ3v) is 6.62. The Labute approximate surface area is 112 Å². The Morgan fingerprint density at radius 3 is 2.47 bits per heavy atom. The summed E-state index contributed by atoms with van der Waals surface area (Å²) in [5.74, 6) is -1.08. The van der Waals surface area contributed by atoms with Gasteiger partial charge in [-0.25, -0.2) is 21.2 Å². The molecule has 0 spiro atoms. The molecule has 8 heteroatoms. The van der Waals surface area contributed by atoms with E-state index < -0.39 is 30.6 Å². The minimum absolute atomic E-state index is 0.0315. The molecule has 0 aliphatic carbocycles. The molecule has 1 aromatic rings. The molecule has 0 radical (unpaired) electrons. The highest BCUT2D eigenvalue weighted by molar-refractivity contribution is 7.91. The molecule has 0 saturated carbocycles. The Kier molecular flexibility index (Phi) is 3.93. The van der Waals surface area contributed by atoms with Crippen LogP contribution in [0.1, 0.15) is 6.42 Å². The van der Waals surface area contributed by atoms with Crippen molar-refractivity contribution in [1.29, 1.82) is 0 Å². The van der Waals surface area contributed by atoms with E-state index in [0.29, 0.717) is 0 Å². The van der Waals surface area contributed by atoms with Crippen LogP contribution in [0.25, 0.3) is 0 Å². The fraction of sp³-hybridized carbons (Fsp3) is 0.455. The molecule has 1 heterocycles. The number of rotatable bonds is 2. The highest BCUT2D eigenvalue weighted by Crippen LogP contribution is 2.20. The maximum Gasteiger partial charge on any atom is 0.246 e. The van der Waals surface area contributed by atoms with Crippen molar-refractivity contribution in [3.63, 3.8) is 0 Å². The predicted octanol–water partition coefficient (Wildman–Crippen LogP) is 0.635. The van der Waals surface area contributed by atoms with E-state index in [2.05, 4.69) is 0 Å². The van der Waals surface area contributed by atoms with Gasteiger partial charge in [0, 0.05) is 13.1 Å². The number of nitrogens with zero attached hydrogens (tertiary/aromatic N) is 1. The molecule has 1 aliphatic rings. The Hall–Kier alpha value is -0.990. The smallest absolute Gasteiger partial charge is 0.229 e. The van der Waals surface area contributed by atoms with Gasteiger partial charge in [0.15, 0.2) is 9.84 Å². The molecule has 0 amide bonds. The zero-order chi connectivity index (χ0) is 14.1. The summed E-state index contributed by atoms with van der Waals surface area (Å²) in [5, 5.41) is 0. The SMILES string of the molecule is O=S1(=O)CCCN(S(=O)(=O)c2ccccc2F)CC1. The van der Waals surface area contributed by atoms with Gasteiger partial charge in [-0.3, -0.25) is 0 Å². The van der Waals surface area contributed by atoms with E-state index in [4.69, 9.17) is 0 Å². The first kappa shape index (κ1) is 14.4. The lowest BCUT2D eigenvalue weighted by molar-refractivity contribution is 0.430. The van der Waals surface area contributed by atoms with Crippen LogP contribution in [0, 0.1) is 5.82 Å². The maximum absolute atomic E-state index is 13.6. The number of benzene rings is 1. The number of halogens is 1. The van der Waals surface area contributed by atoms with Crippen LogP contribution in [0.5, 0.6) is 0 Å². The molecule has 1 saturated heterocycles. The van der Waals surface area contributed by atoms with Crippen LogP contribution < -0.4 is 0 Å². The Bertz CT molecular complexity index is 670. The zero-order valence-electron chi connectivity index (χ0n) is 10.1. The van der Waals surface area contributed by atoms with Gasteiger partial charge in [-0.2, -0.15) is 4.31 Å². The van der Waals surface area contributed by atoms with Crippen LogP contribution in [-0.4, -0.2) is 45.7 Å². The average molecular weight is 307 g/mol. The fourth-order valence-electron chi connectivity index (χ4n) is 1.95. The first-order valence-electron chi connectivity index (χ1n) is 5.78. The number of sulfonamides is 1. The van der Waals surface area contributed by atoms with E-state index in [1.807, 2.05) is 0 Å². The average Bonchev–Trinajstić information content (AvgIpc) is 2.51. The first-order chi connectivity index (χ1) is 8.83. The molecule has 1 fully saturated rings. The standard InChI is InChI=1S/C11H14FNO4S2/c12-10-4-1-2-5-11(10)19(16,17)13-6-3-8-18(14,15)9-7-13/h1-2,4-5H,3,6-9H2. The van der Waals surface area contributed by atoms with Crippen LogP contribution in [0.3, 0.4) is 0 Å². The number of hydrogen-bond acceptors (Lipinski definition) is 4. The molecule has 1 aromatic carbocycles. The van der Waals surface area contributed by atoms with Gasteiger partial charge in [-0.15, -0.1) is 0 Å². The van der Waals surface area contributed by atoms with E-state index >= 15 is 0 Å². The summed E-state index contributed by atoms with van der Waals surface area (Å²) < 4.78 is 62.0. The quantitative estimate of drug-likeness (QED) is 0.803. The van der Waals surface area contributed by atoms with Crippen molar-refractivity contribution in [2.24, 2.45) is 0 Å². The summed E-state index contributed by atoms with van der Waals surface area (Å²) in [5.41, 5.74) is 0. The summed E-state index contributed by atoms with van der Waals surface area (Å²) in [7, 11) is -7.18. The first-order valence-corrected chi connectivity index (χ1v) is 9.04. The molecule has 1 aliphatic heterocycles. The summed E-state index contributed by atoms with van der Waals surface area (Å²) in [6.45, 7) is -0.0328. The van der Waals surface area contributed by atoms with Gasteiger partial charge in [0.1, 0.15) is 10.7 Å². The lowest BCUT2D eigenvalue weighted by Gasteiger charge is -2.19. The monoisotopic (exact) mass is 307 g/mol. The van der Waals surface area contributed by atoms with Crippen molar-refractivity contribution in [3.05, 3.63) is 30.1 Å². The largest absolute Gasteiger partial charge is 0.246 e. The van der Waals surface area contributed by atoms with Gasteiger partial charge in [0.2, 0.25) is 10.0 Å². The minimum Gasteiger partial charge on any atom is -0.229 e. The summed E-state index contributed by atoms with van der Waals surface area (Å²) in [4.78, 5) is -0.408. The third kappa shape index (κ3) is 3.13. The van der Waals surface area contributed by atoms with Crippen LogP contribution >= 0.6 is 0 Å². The molecule has 19 heavy (non-hydrogen) atoms. The van der Waals surface area contributed by atoms with Crippen molar-refractivity contribution in [1.82, 2.24) is 4.31 Å².